The van der Waals surface area contributed by atoms with Gasteiger partial charge in [-0.05, 0) is 48.5 Å². The van der Waals surface area contributed by atoms with E-state index >= 15 is 0 Å². The van der Waals surface area contributed by atoms with Gasteiger partial charge in [-0.3, -0.25) is 4.79 Å². The zero-order valence-electron chi connectivity index (χ0n) is 14.7. The quantitative estimate of drug-likeness (QED) is 0.492. The zero-order valence-corrected chi connectivity index (χ0v) is 15.4. The lowest BCUT2D eigenvalue weighted by Gasteiger charge is -2.15. The summed E-state index contributed by atoms with van der Waals surface area (Å²) in [5.74, 6) is 1.39. The molecule has 0 aliphatic carbocycles. The fourth-order valence-corrected chi connectivity index (χ4v) is 3.02. The lowest BCUT2D eigenvalue weighted by molar-refractivity contribution is -0.130. The molecule has 0 atom stereocenters. The molecule has 0 unspecified atom stereocenters. The molecule has 4 rings (SSSR count). The van der Waals surface area contributed by atoms with E-state index in [2.05, 4.69) is 5.16 Å². The van der Waals surface area contributed by atoms with E-state index < -0.39 is 0 Å². The first-order valence-corrected chi connectivity index (χ1v) is 8.90. The highest BCUT2D eigenvalue weighted by molar-refractivity contribution is 6.30. The number of para-hydroxylation sites is 1. The third-order valence-electron chi connectivity index (χ3n) is 4.38. The summed E-state index contributed by atoms with van der Waals surface area (Å²) in [7, 11) is 1.75. The summed E-state index contributed by atoms with van der Waals surface area (Å²) in [4.78, 5) is 14.2. The monoisotopic (exact) mass is 380 g/mol. The molecule has 0 bridgehead atoms. The van der Waals surface area contributed by atoms with E-state index in [-0.39, 0.29) is 12.3 Å². The summed E-state index contributed by atoms with van der Waals surface area (Å²) in [6, 6.07) is 18.7. The number of carbonyl (C=O) groups excluding carboxylic acids is 1. The van der Waals surface area contributed by atoms with Crippen LogP contribution in [0.5, 0.6) is 0 Å². The first kappa shape index (κ1) is 17.4. The molecule has 0 radical (unpaired) electrons. The molecule has 6 heteroatoms. The van der Waals surface area contributed by atoms with Gasteiger partial charge in [0, 0.05) is 23.0 Å². The van der Waals surface area contributed by atoms with E-state index in [4.69, 9.17) is 20.5 Å². The van der Waals surface area contributed by atoms with Crippen LogP contribution in [0, 0.1) is 0 Å². The van der Waals surface area contributed by atoms with E-state index in [1.165, 1.54) is 0 Å². The van der Waals surface area contributed by atoms with Gasteiger partial charge >= 0.3 is 0 Å². The van der Waals surface area contributed by atoms with E-state index in [0.29, 0.717) is 28.6 Å². The van der Waals surface area contributed by atoms with Crippen LogP contribution in [0.1, 0.15) is 11.5 Å². The van der Waals surface area contributed by atoms with Crippen molar-refractivity contribution in [1.29, 1.82) is 0 Å². The number of rotatable bonds is 5. The maximum atomic E-state index is 12.6. The van der Waals surface area contributed by atoms with Crippen LogP contribution >= 0.6 is 11.6 Å². The highest BCUT2D eigenvalue weighted by Crippen LogP contribution is 2.24. The molecule has 0 fully saturated rings. The standard InChI is InChI=1S/C21H17ClN2O3/c1-24(21(25)12-18-17-4-2-3-5-20(17)27-23-18)13-16-10-11-19(26-16)14-6-8-15(22)9-7-14/h2-11H,12-13H2,1H3. The van der Waals surface area contributed by atoms with E-state index in [9.17, 15) is 4.79 Å². The first-order valence-electron chi connectivity index (χ1n) is 8.52. The number of halogens is 1. The van der Waals surface area contributed by atoms with Crippen molar-refractivity contribution >= 4 is 28.5 Å². The van der Waals surface area contributed by atoms with Crippen molar-refractivity contribution in [3.8, 4) is 11.3 Å². The van der Waals surface area contributed by atoms with Gasteiger partial charge in [-0.25, -0.2) is 0 Å². The number of amides is 1. The maximum absolute atomic E-state index is 12.6. The van der Waals surface area contributed by atoms with Crippen molar-refractivity contribution < 1.29 is 13.7 Å². The number of likely N-dealkylation sites (N-methyl/N-ethyl adjacent to an activating group) is 1. The summed E-state index contributed by atoms with van der Waals surface area (Å²) < 4.78 is 11.1. The van der Waals surface area contributed by atoms with Crippen LogP contribution in [0.2, 0.25) is 5.02 Å². The second-order valence-electron chi connectivity index (χ2n) is 6.32. The van der Waals surface area contributed by atoms with E-state index in [0.717, 1.165) is 16.7 Å². The number of carbonyl (C=O) groups is 1. The van der Waals surface area contributed by atoms with Gasteiger partial charge in [0.05, 0.1) is 13.0 Å². The molecular weight excluding hydrogens is 364 g/mol. The van der Waals surface area contributed by atoms with Gasteiger partial charge in [-0.15, -0.1) is 0 Å². The zero-order chi connectivity index (χ0) is 18.8. The Morgan fingerprint density at radius 1 is 1.07 bits per heavy atom. The highest BCUT2D eigenvalue weighted by Gasteiger charge is 2.17. The minimum Gasteiger partial charge on any atom is -0.459 e. The lowest BCUT2D eigenvalue weighted by Crippen LogP contribution is -2.27. The molecule has 0 aliphatic heterocycles. The SMILES string of the molecule is CN(Cc1ccc(-c2ccc(Cl)cc2)o1)C(=O)Cc1noc2ccccc12. The molecule has 136 valence electrons. The van der Waals surface area contributed by atoms with E-state index in [1.54, 1.807) is 11.9 Å². The summed E-state index contributed by atoms with van der Waals surface area (Å²) in [6.07, 6.45) is 0.179. The van der Waals surface area contributed by atoms with E-state index in [1.807, 2.05) is 60.7 Å². The minimum absolute atomic E-state index is 0.0569. The Bertz CT molecular complexity index is 1080. The van der Waals surface area contributed by atoms with Crippen molar-refractivity contribution in [2.24, 2.45) is 0 Å². The average molecular weight is 381 g/mol. The third-order valence-corrected chi connectivity index (χ3v) is 4.63. The second kappa shape index (κ2) is 7.29. The van der Waals surface area contributed by atoms with Crippen LogP contribution in [0.15, 0.2) is 69.6 Å². The number of hydrogen-bond donors (Lipinski definition) is 0. The second-order valence-corrected chi connectivity index (χ2v) is 6.76. The van der Waals surface area contributed by atoms with Crippen molar-refractivity contribution in [3.63, 3.8) is 0 Å². The Labute approximate surface area is 161 Å². The largest absolute Gasteiger partial charge is 0.459 e. The molecule has 4 aromatic rings. The number of furan rings is 1. The smallest absolute Gasteiger partial charge is 0.228 e. The van der Waals surface area contributed by atoms with Crippen LogP contribution in [0.4, 0.5) is 0 Å². The third kappa shape index (κ3) is 3.73. The van der Waals surface area contributed by atoms with Crippen LogP contribution in [0.25, 0.3) is 22.3 Å². The van der Waals surface area contributed by atoms with Gasteiger partial charge in [0.15, 0.2) is 5.58 Å². The van der Waals surface area contributed by atoms with Gasteiger partial charge in [0.2, 0.25) is 5.91 Å². The number of hydrogen-bond acceptors (Lipinski definition) is 4. The predicted molar refractivity (Wildman–Crippen MR) is 103 cm³/mol. The number of fused-ring (bicyclic) bond motifs is 1. The normalized spacial score (nSPS) is 11.0. The Balaban J connectivity index is 1.43. The fraction of sp³-hybridized carbons (Fsp3) is 0.143. The molecule has 0 spiro atoms. The van der Waals surface area contributed by atoms with Crippen LogP contribution in [0.3, 0.4) is 0 Å². The van der Waals surface area contributed by atoms with Crippen molar-refractivity contribution in [2.45, 2.75) is 13.0 Å². The summed E-state index contributed by atoms with van der Waals surface area (Å²) in [6.45, 7) is 0.377. The summed E-state index contributed by atoms with van der Waals surface area (Å²) in [5.41, 5.74) is 2.26. The van der Waals surface area contributed by atoms with Gasteiger partial charge in [0.1, 0.15) is 17.2 Å². The molecule has 0 N–H and O–H groups in total. The van der Waals surface area contributed by atoms with Gasteiger partial charge in [0.25, 0.3) is 0 Å². The summed E-state index contributed by atoms with van der Waals surface area (Å²) >= 11 is 5.92. The van der Waals surface area contributed by atoms with Crippen LogP contribution in [-0.4, -0.2) is 23.0 Å². The molecule has 1 amide bonds. The number of aromatic nitrogens is 1. The Kier molecular flexibility index (Phi) is 4.69. The average Bonchev–Trinajstić information content (AvgIpc) is 3.30. The van der Waals surface area contributed by atoms with Crippen molar-refractivity contribution in [3.05, 3.63) is 77.1 Å². The molecule has 0 aliphatic rings. The maximum Gasteiger partial charge on any atom is 0.228 e. The molecule has 27 heavy (non-hydrogen) atoms. The van der Waals surface area contributed by atoms with Crippen molar-refractivity contribution in [2.75, 3.05) is 7.05 Å². The van der Waals surface area contributed by atoms with Gasteiger partial charge in [-0.2, -0.15) is 0 Å². The Morgan fingerprint density at radius 3 is 2.67 bits per heavy atom. The summed E-state index contributed by atoms with van der Waals surface area (Å²) in [5, 5.41) is 5.56. The fourth-order valence-electron chi connectivity index (χ4n) is 2.90. The molecule has 2 aromatic heterocycles. The number of nitrogens with zero attached hydrogens (tertiary/aromatic N) is 2. The lowest BCUT2D eigenvalue weighted by atomic mass is 10.1. The predicted octanol–water partition coefficient (Wildman–Crippen LogP) is 4.94. The molecule has 2 aromatic carbocycles. The van der Waals surface area contributed by atoms with Crippen LogP contribution < -0.4 is 0 Å². The topological polar surface area (TPSA) is 59.5 Å². The van der Waals surface area contributed by atoms with Crippen LogP contribution in [-0.2, 0) is 17.8 Å². The minimum atomic E-state index is -0.0569. The molecule has 2 heterocycles. The molecule has 5 nitrogen and oxygen atoms in total. The van der Waals surface area contributed by atoms with Gasteiger partial charge in [-0.1, -0.05) is 28.9 Å². The Hall–Kier alpha value is -3.05. The van der Waals surface area contributed by atoms with Crippen molar-refractivity contribution in [1.82, 2.24) is 10.1 Å². The molecule has 0 saturated heterocycles. The molecule has 0 saturated carbocycles. The highest BCUT2D eigenvalue weighted by atomic mass is 35.5. The Morgan fingerprint density at radius 2 is 1.85 bits per heavy atom. The number of benzene rings is 2. The molecular formula is C21H17ClN2O3. The first-order chi connectivity index (χ1) is 13.1. The van der Waals surface area contributed by atoms with Gasteiger partial charge < -0.3 is 13.8 Å².